The molecule has 0 unspecified atom stereocenters. The van der Waals surface area contributed by atoms with E-state index in [4.69, 9.17) is 17.3 Å². The molecule has 4 heteroatoms. The average molecular weight is 286 g/mol. The molecule has 0 atom stereocenters. The summed E-state index contributed by atoms with van der Waals surface area (Å²) in [4.78, 5) is 2.04. The Morgan fingerprint density at radius 1 is 1.15 bits per heavy atom. The number of anilines is 1. The molecular weight excluding hydrogens is 270 g/mol. The van der Waals surface area contributed by atoms with Crippen LogP contribution in [0.25, 0.3) is 0 Å². The van der Waals surface area contributed by atoms with E-state index in [0.717, 1.165) is 21.8 Å². The highest BCUT2D eigenvalue weighted by molar-refractivity contribution is 6.30. The lowest BCUT2D eigenvalue weighted by atomic mass is 10.1. The van der Waals surface area contributed by atoms with Crippen LogP contribution in [-0.2, 0) is 13.1 Å². The van der Waals surface area contributed by atoms with Crippen LogP contribution in [0.4, 0.5) is 5.69 Å². The number of nitriles is 1. The van der Waals surface area contributed by atoms with Crippen molar-refractivity contribution in [2.75, 3.05) is 11.9 Å². The van der Waals surface area contributed by atoms with E-state index in [-0.39, 0.29) is 0 Å². The third kappa shape index (κ3) is 3.30. The van der Waals surface area contributed by atoms with Crippen LogP contribution >= 0.6 is 11.6 Å². The van der Waals surface area contributed by atoms with Gasteiger partial charge in [-0.2, -0.15) is 5.26 Å². The van der Waals surface area contributed by atoms with Crippen LogP contribution in [0.5, 0.6) is 0 Å². The monoisotopic (exact) mass is 285 g/mol. The van der Waals surface area contributed by atoms with E-state index in [2.05, 4.69) is 6.07 Å². The molecule has 0 spiro atoms. The molecule has 2 N–H and O–H groups in total. The van der Waals surface area contributed by atoms with Crippen molar-refractivity contribution in [3.05, 3.63) is 64.2 Å². The minimum atomic E-state index is 0.440. The Hall–Kier alpha value is -2.02. The molecule has 0 saturated carbocycles. The Balaban J connectivity index is 2.22. The van der Waals surface area contributed by atoms with Crippen LogP contribution in [0, 0.1) is 11.3 Å². The number of halogens is 1. The van der Waals surface area contributed by atoms with Crippen molar-refractivity contribution in [1.82, 2.24) is 0 Å². The zero-order valence-electron chi connectivity index (χ0n) is 11.3. The van der Waals surface area contributed by atoms with Crippen molar-refractivity contribution in [2.45, 2.75) is 13.1 Å². The van der Waals surface area contributed by atoms with Crippen molar-refractivity contribution in [3.63, 3.8) is 0 Å². The normalized spacial score (nSPS) is 10.1. The van der Waals surface area contributed by atoms with Crippen LogP contribution in [0.1, 0.15) is 16.7 Å². The molecule has 0 aliphatic rings. The predicted molar refractivity (Wildman–Crippen MR) is 82.6 cm³/mol. The van der Waals surface area contributed by atoms with Gasteiger partial charge in [0, 0.05) is 25.2 Å². The van der Waals surface area contributed by atoms with Crippen molar-refractivity contribution < 1.29 is 0 Å². The summed E-state index contributed by atoms with van der Waals surface area (Å²) in [6, 6.07) is 15.7. The van der Waals surface area contributed by atoms with Gasteiger partial charge in [0.15, 0.2) is 0 Å². The van der Waals surface area contributed by atoms with Gasteiger partial charge in [-0.3, -0.25) is 0 Å². The molecule has 2 rings (SSSR count). The van der Waals surface area contributed by atoms with Gasteiger partial charge >= 0.3 is 0 Å². The second-order valence-corrected chi connectivity index (χ2v) is 5.09. The Morgan fingerprint density at radius 3 is 2.40 bits per heavy atom. The number of nitrogens with two attached hydrogens (primary N) is 1. The standard InChI is InChI=1S/C16H16ClN3/c1-20(11-12-2-5-15(17)6-3-12)16-7-4-13(9-18)8-14(16)10-19/h2-8H,9,11,18H2,1H3. The number of hydrogen-bond acceptors (Lipinski definition) is 3. The minimum Gasteiger partial charge on any atom is -0.369 e. The highest BCUT2D eigenvalue weighted by Gasteiger charge is 2.08. The smallest absolute Gasteiger partial charge is 0.101 e. The molecular formula is C16H16ClN3. The highest BCUT2D eigenvalue weighted by Crippen LogP contribution is 2.22. The molecule has 0 aliphatic carbocycles. The zero-order chi connectivity index (χ0) is 14.5. The van der Waals surface area contributed by atoms with Gasteiger partial charge in [0.05, 0.1) is 11.3 Å². The summed E-state index contributed by atoms with van der Waals surface area (Å²) in [7, 11) is 1.97. The van der Waals surface area contributed by atoms with Crippen molar-refractivity contribution in [2.24, 2.45) is 5.73 Å². The van der Waals surface area contributed by atoms with Gasteiger partial charge in [-0.05, 0) is 35.4 Å². The van der Waals surface area contributed by atoms with Crippen LogP contribution in [0.2, 0.25) is 5.02 Å². The van der Waals surface area contributed by atoms with Crippen molar-refractivity contribution >= 4 is 17.3 Å². The maximum atomic E-state index is 9.25. The SMILES string of the molecule is CN(Cc1ccc(Cl)cc1)c1ccc(CN)cc1C#N. The number of rotatable bonds is 4. The molecule has 3 nitrogen and oxygen atoms in total. The molecule has 20 heavy (non-hydrogen) atoms. The van der Waals surface area contributed by atoms with Crippen molar-refractivity contribution in [3.8, 4) is 6.07 Å². The molecule has 0 aromatic heterocycles. The van der Waals surface area contributed by atoms with Crippen LogP contribution in [0.15, 0.2) is 42.5 Å². The van der Waals surface area contributed by atoms with Gasteiger partial charge < -0.3 is 10.6 Å². The molecule has 0 heterocycles. The topological polar surface area (TPSA) is 53.0 Å². The Labute approximate surface area is 124 Å². The van der Waals surface area contributed by atoms with Crippen LogP contribution in [-0.4, -0.2) is 7.05 Å². The van der Waals surface area contributed by atoms with Gasteiger partial charge in [-0.15, -0.1) is 0 Å². The zero-order valence-corrected chi connectivity index (χ0v) is 12.1. The van der Waals surface area contributed by atoms with E-state index >= 15 is 0 Å². The summed E-state index contributed by atoms with van der Waals surface area (Å²) in [5, 5.41) is 9.98. The lowest BCUT2D eigenvalue weighted by Gasteiger charge is -2.21. The molecule has 0 saturated heterocycles. The lowest BCUT2D eigenvalue weighted by molar-refractivity contribution is 0.919. The Kier molecular flexibility index (Phi) is 4.62. The average Bonchev–Trinajstić information content (AvgIpc) is 2.48. The summed E-state index contributed by atoms with van der Waals surface area (Å²) in [6.45, 7) is 1.16. The summed E-state index contributed by atoms with van der Waals surface area (Å²) in [5.74, 6) is 0. The van der Waals surface area contributed by atoms with E-state index in [9.17, 15) is 5.26 Å². The van der Waals surface area contributed by atoms with E-state index in [1.54, 1.807) is 0 Å². The quantitative estimate of drug-likeness (QED) is 0.938. The first-order chi connectivity index (χ1) is 9.63. The summed E-state index contributed by atoms with van der Waals surface area (Å²) in [6.07, 6.45) is 0. The molecule has 0 radical (unpaired) electrons. The third-order valence-corrected chi connectivity index (χ3v) is 3.41. The number of nitrogens with zero attached hydrogens (tertiary/aromatic N) is 2. The van der Waals surface area contributed by atoms with E-state index in [0.29, 0.717) is 18.7 Å². The highest BCUT2D eigenvalue weighted by atomic mass is 35.5. The first-order valence-electron chi connectivity index (χ1n) is 6.32. The van der Waals surface area contributed by atoms with Gasteiger partial charge in [0.1, 0.15) is 6.07 Å². The first-order valence-corrected chi connectivity index (χ1v) is 6.70. The minimum absolute atomic E-state index is 0.440. The van der Waals surface area contributed by atoms with Crippen LogP contribution < -0.4 is 10.6 Å². The fourth-order valence-corrected chi connectivity index (χ4v) is 2.21. The Morgan fingerprint density at radius 2 is 1.80 bits per heavy atom. The molecule has 102 valence electrons. The van der Waals surface area contributed by atoms with Crippen molar-refractivity contribution in [1.29, 1.82) is 5.26 Å². The van der Waals surface area contributed by atoms with Gasteiger partial charge in [0.2, 0.25) is 0 Å². The van der Waals surface area contributed by atoms with Crippen LogP contribution in [0.3, 0.4) is 0 Å². The molecule has 0 fully saturated rings. The largest absolute Gasteiger partial charge is 0.369 e. The number of benzene rings is 2. The maximum Gasteiger partial charge on any atom is 0.101 e. The van der Waals surface area contributed by atoms with Gasteiger partial charge in [-0.1, -0.05) is 29.8 Å². The fraction of sp³-hybridized carbons (Fsp3) is 0.188. The predicted octanol–water partition coefficient (Wildman–Crippen LogP) is 3.31. The molecule has 2 aromatic carbocycles. The fourth-order valence-electron chi connectivity index (χ4n) is 2.08. The van der Waals surface area contributed by atoms with E-state index in [1.165, 1.54) is 0 Å². The van der Waals surface area contributed by atoms with E-state index < -0.39 is 0 Å². The van der Waals surface area contributed by atoms with Gasteiger partial charge in [0.25, 0.3) is 0 Å². The lowest BCUT2D eigenvalue weighted by Crippen LogP contribution is -2.17. The summed E-state index contributed by atoms with van der Waals surface area (Å²) >= 11 is 5.88. The second kappa shape index (κ2) is 6.42. The Bertz CT molecular complexity index is 629. The second-order valence-electron chi connectivity index (χ2n) is 4.65. The maximum absolute atomic E-state index is 9.25. The summed E-state index contributed by atoms with van der Waals surface area (Å²) in [5.41, 5.74) is 9.25. The molecule has 0 amide bonds. The van der Waals surface area contributed by atoms with E-state index in [1.807, 2.05) is 54.4 Å². The molecule has 0 aliphatic heterocycles. The van der Waals surface area contributed by atoms with Gasteiger partial charge in [-0.25, -0.2) is 0 Å². The molecule has 0 bridgehead atoms. The first kappa shape index (κ1) is 14.4. The summed E-state index contributed by atoms with van der Waals surface area (Å²) < 4.78 is 0. The number of hydrogen-bond donors (Lipinski definition) is 1. The molecule has 2 aromatic rings. The third-order valence-electron chi connectivity index (χ3n) is 3.16.